The number of ether oxygens (including phenoxy) is 2. The van der Waals surface area contributed by atoms with Crippen molar-refractivity contribution in [1.82, 2.24) is 4.98 Å². The summed E-state index contributed by atoms with van der Waals surface area (Å²) in [4.78, 5) is 15.4. The Hall–Kier alpha value is -2.53. The Labute approximate surface area is 149 Å². The van der Waals surface area contributed by atoms with E-state index >= 15 is 0 Å². The highest BCUT2D eigenvalue weighted by molar-refractivity contribution is 6.31. The molecule has 0 saturated carbocycles. The highest BCUT2D eigenvalue weighted by Gasteiger charge is 2.17. The Morgan fingerprint density at radius 3 is 2.56 bits per heavy atom. The van der Waals surface area contributed by atoms with Crippen LogP contribution in [0.5, 0.6) is 11.5 Å². The molecule has 130 valence electrons. The molecule has 25 heavy (non-hydrogen) atoms. The van der Waals surface area contributed by atoms with Crippen LogP contribution in [0.1, 0.15) is 16.7 Å². The lowest BCUT2D eigenvalue weighted by Gasteiger charge is -2.14. The Morgan fingerprint density at radius 1 is 1.16 bits per heavy atom. The molecule has 4 nitrogen and oxygen atoms in total. The number of hydrogen-bond donors (Lipinski definition) is 1. The largest absolute Gasteiger partial charge is 0.497 e. The summed E-state index contributed by atoms with van der Waals surface area (Å²) in [5, 5.41) is 1.05. The van der Waals surface area contributed by atoms with Gasteiger partial charge in [0.15, 0.2) is 0 Å². The minimum Gasteiger partial charge on any atom is -0.497 e. The lowest BCUT2D eigenvalue weighted by atomic mass is 9.97. The molecule has 0 radical (unpaired) electrons. The van der Waals surface area contributed by atoms with Crippen molar-refractivity contribution < 1.29 is 13.9 Å². The van der Waals surface area contributed by atoms with Crippen molar-refractivity contribution in [2.24, 2.45) is 0 Å². The van der Waals surface area contributed by atoms with Crippen molar-refractivity contribution in [3.05, 3.63) is 68.2 Å². The zero-order chi connectivity index (χ0) is 18.1. The zero-order valence-corrected chi connectivity index (χ0v) is 14.8. The van der Waals surface area contributed by atoms with Gasteiger partial charge in [-0.3, -0.25) is 4.79 Å². The number of hydrogen-bond acceptors (Lipinski definition) is 3. The van der Waals surface area contributed by atoms with Gasteiger partial charge in [-0.1, -0.05) is 17.7 Å². The second-order valence-corrected chi connectivity index (χ2v) is 6.09. The first-order chi connectivity index (χ1) is 12.0. The Bertz CT molecular complexity index is 993. The van der Waals surface area contributed by atoms with E-state index in [1.54, 1.807) is 32.4 Å². The third-order valence-corrected chi connectivity index (χ3v) is 4.65. The van der Waals surface area contributed by atoms with Crippen LogP contribution in [0, 0.1) is 12.7 Å². The van der Waals surface area contributed by atoms with Gasteiger partial charge in [-0.25, -0.2) is 4.39 Å². The molecule has 2 aromatic carbocycles. The highest BCUT2D eigenvalue weighted by Crippen LogP contribution is 2.33. The van der Waals surface area contributed by atoms with Gasteiger partial charge in [0.25, 0.3) is 5.56 Å². The predicted octanol–water partition coefficient (Wildman–Crippen LogP) is 4.24. The minimum absolute atomic E-state index is 0.0950. The van der Waals surface area contributed by atoms with E-state index in [2.05, 4.69) is 4.98 Å². The second kappa shape index (κ2) is 6.76. The van der Waals surface area contributed by atoms with Crippen molar-refractivity contribution in [2.75, 3.05) is 14.2 Å². The van der Waals surface area contributed by atoms with Crippen LogP contribution < -0.4 is 15.0 Å². The molecule has 1 N–H and O–H groups in total. The minimum atomic E-state index is -0.437. The third kappa shape index (κ3) is 3.07. The fourth-order valence-electron chi connectivity index (χ4n) is 2.96. The summed E-state index contributed by atoms with van der Waals surface area (Å²) in [6.07, 6.45) is 0.0950. The zero-order valence-electron chi connectivity index (χ0n) is 14.1. The predicted molar refractivity (Wildman–Crippen MR) is 96.6 cm³/mol. The van der Waals surface area contributed by atoms with Gasteiger partial charge in [-0.05, 0) is 24.6 Å². The number of H-pyrrole nitrogens is 1. The fraction of sp³-hybridized carbons (Fsp3) is 0.211. The Balaban J connectivity index is 2.25. The number of benzene rings is 2. The molecule has 0 fully saturated rings. The molecule has 0 aliphatic heterocycles. The summed E-state index contributed by atoms with van der Waals surface area (Å²) in [5.41, 5.74) is 1.77. The van der Waals surface area contributed by atoms with E-state index in [-0.39, 0.29) is 12.0 Å². The maximum atomic E-state index is 14.1. The van der Waals surface area contributed by atoms with Crippen LogP contribution in [0.4, 0.5) is 4.39 Å². The quantitative estimate of drug-likeness (QED) is 0.756. The molecule has 0 unspecified atom stereocenters. The first kappa shape index (κ1) is 17.3. The number of fused-ring (bicyclic) bond motifs is 1. The molecule has 0 atom stereocenters. The normalized spacial score (nSPS) is 10.9. The van der Waals surface area contributed by atoms with Crippen LogP contribution in [0.2, 0.25) is 5.02 Å². The first-order valence-electron chi connectivity index (χ1n) is 7.66. The standard InChI is InChI=1S/C19H17ClFNO3/c1-10-12(9-13-14(20)5-4-6-15(13)21)19(23)22-16-7-11(24-2)8-17(25-3)18(10)16/h4-8H,9H2,1-3H3,(H,22,23). The lowest BCUT2D eigenvalue weighted by Crippen LogP contribution is -2.16. The van der Waals surface area contributed by atoms with Crippen molar-refractivity contribution in [1.29, 1.82) is 0 Å². The molecule has 0 aliphatic carbocycles. The molecule has 0 amide bonds. The summed E-state index contributed by atoms with van der Waals surface area (Å²) in [6, 6.07) is 7.95. The average Bonchev–Trinajstić information content (AvgIpc) is 2.59. The number of aryl methyl sites for hydroxylation is 1. The molecule has 0 saturated heterocycles. The number of aromatic nitrogens is 1. The maximum Gasteiger partial charge on any atom is 0.252 e. The number of methoxy groups -OCH3 is 2. The maximum absolute atomic E-state index is 14.1. The van der Waals surface area contributed by atoms with Crippen LogP contribution in [0.25, 0.3) is 10.9 Å². The van der Waals surface area contributed by atoms with E-state index in [0.717, 1.165) is 10.9 Å². The molecule has 1 aromatic heterocycles. The molecular weight excluding hydrogens is 345 g/mol. The van der Waals surface area contributed by atoms with Crippen molar-refractivity contribution in [3.63, 3.8) is 0 Å². The Kier molecular flexibility index (Phi) is 4.68. The van der Waals surface area contributed by atoms with Crippen LogP contribution in [-0.4, -0.2) is 19.2 Å². The van der Waals surface area contributed by atoms with Crippen LogP contribution in [0.3, 0.4) is 0 Å². The van der Waals surface area contributed by atoms with Gasteiger partial charge in [0.1, 0.15) is 17.3 Å². The second-order valence-electron chi connectivity index (χ2n) is 5.69. The number of aromatic amines is 1. The third-order valence-electron chi connectivity index (χ3n) is 4.30. The molecule has 1 heterocycles. The van der Waals surface area contributed by atoms with E-state index in [1.807, 2.05) is 6.92 Å². The van der Waals surface area contributed by atoms with E-state index in [1.165, 1.54) is 12.1 Å². The van der Waals surface area contributed by atoms with Gasteiger partial charge in [0.05, 0.1) is 19.7 Å². The van der Waals surface area contributed by atoms with E-state index in [9.17, 15) is 9.18 Å². The number of halogens is 2. The van der Waals surface area contributed by atoms with E-state index in [0.29, 0.717) is 33.2 Å². The summed E-state index contributed by atoms with van der Waals surface area (Å²) >= 11 is 6.11. The summed E-state index contributed by atoms with van der Waals surface area (Å²) in [5.74, 6) is 0.710. The van der Waals surface area contributed by atoms with Crippen LogP contribution in [-0.2, 0) is 6.42 Å². The molecule has 3 rings (SSSR count). The first-order valence-corrected chi connectivity index (χ1v) is 8.04. The van der Waals surface area contributed by atoms with E-state index in [4.69, 9.17) is 21.1 Å². The van der Waals surface area contributed by atoms with Crippen molar-refractivity contribution in [2.45, 2.75) is 13.3 Å². The fourth-order valence-corrected chi connectivity index (χ4v) is 3.19. The molecular formula is C19H17ClFNO3. The SMILES string of the molecule is COc1cc(OC)c2c(C)c(Cc3c(F)cccc3Cl)c(=O)[nH]c2c1. The highest BCUT2D eigenvalue weighted by atomic mass is 35.5. The van der Waals surface area contributed by atoms with E-state index < -0.39 is 5.82 Å². The topological polar surface area (TPSA) is 51.3 Å². The molecule has 0 aliphatic rings. The van der Waals surface area contributed by atoms with Gasteiger partial charge < -0.3 is 14.5 Å². The monoisotopic (exact) mass is 361 g/mol. The van der Waals surface area contributed by atoms with Gasteiger partial charge >= 0.3 is 0 Å². The number of rotatable bonds is 4. The van der Waals surface area contributed by atoms with Crippen molar-refractivity contribution in [3.8, 4) is 11.5 Å². The number of nitrogens with one attached hydrogen (secondary N) is 1. The van der Waals surface area contributed by atoms with Gasteiger partial charge in [0, 0.05) is 40.1 Å². The molecule has 6 heteroatoms. The summed E-state index contributed by atoms with van der Waals surface area (Å²) < 4.78 is 24.8. The summed E-state index contributed by atoms with van der Waals surface area (Å²) in [7, 11) is 3.09. The molecule has 3 aromatic rings. The van der Waals surface area contributed by atoms with Gasteiger partial charge in [-0.2, -0.15) is 0 Å². The average molecular weight is 362 g/mol. The van der Waals surface area contributed by atoms with Gasteiger partial charge in [0.2, 0.25) is 0 Å². The van der Waals surface area contributed by atoms with Crippen LogP contribution >= 0.6 is 11.6 Å². The lowest BCUT2D eigenvalue weighted by molar-refractivity contribution is 0.397. The Morgan fingerprint density at radius 2 is 1.92 bits per heavy atom. The van der Waals surface area contributed by atoms with Crippen LogP contribution in [0.15, 0.2) is 35.1 Å². The molecule has 0 spiro atoms. The van der Waals surface area contributed by atoms with Crippen molar-refractivity contribution >= 4 is 22.5 Å². The molecule has 0 bridgehead atoms. The smallest absolute Gasteiger partial charge is 0.252 e. The summed E-state index contributed by atoms with van der Waals surface area (Å²) in [6.45, 7) is 1.82. The number of pyridine rings is 1. The van der Waals surface area contributed by atoms with Gasteiger partial charge in [-0.15, -0.1) is 0 Å².